The van der Waals surface area contributed by atoms with Gasteiger partial charge in [0.05, 0.1) is 0 Å². The minimum absolute atomic E-state index is 0.0405. The highest BCUT2D eigenvalue weighted by Crippen LogP contribution is 2.30. The number of hydrogen-bond acceptors (Lipinski definition) is 1. The summed E-state index contributed by atoms with van der Waals surface area (Å²) in [6.45, 7) is 3.77. The van der Waals surface area contributed by atoms with Gasteiger partial charge in [0.1, 0.15) is 11.5 Å². The van der Waals surface area contributed by atoms with Gasteiger partial charge in [0.15, 0.2) is 5.82 Å². The maximum absolute atomic E-state index is 13.7. The van der Waals surface area contributed by atoms with E-state index in [0.717, 1.165) is 19.3 Å². The highest BCUT2D eigenvalue weighted by molar-refractivity contribution is 5.49. The predicted molar refractivity (Wildman–Crippen MR) is 61.5 cm³/mol. The second-order valence-corrected chi connectivity index (χ2v) is 4.71. The van der Waals surface area contributed by atoms with Gasteiger partial charge in [-0.1, -0.05) is 19.4 Å². The van der Waals surface area contributed by atoms with Crippen LogP contribution in [-0.4, -0.2) is 6.04 Å². The van der Waals surface area contributed by atoms with E-state index in [1.165, 1.54) is 12.1 Å². The highest BCUT2D eigenvalue weighted by atomic mass is 19.1. The summed E-state index contributed by atoms with van der Waals surface area (Å²) in [6.07, 6.45) is 3.26. The van der Waals surface area contributed by atoms with Crippen LogP contribution >= 0.6 is 0 Å². The first-order valence-corrected chi connectivity index (χ1v) is 5.80. The van der Waals surface area contributed by atoms with Gasteiger partial charge in [-0.05, 0) is 37.3 Å². The van der Waals surface area contributed by atoms with Crippen LogP contribution in [0.3, 0.4) is 0 Å². The normalized spacial score (nSPS) is 24.8. The Bertz CT molecular complexity index is 390. The number of anilines is 1. The van der Waals surface area contributed by atoms with Gasteiger partial charge in [0.2, 0.25) is 0 Å². The van der Waals surface area contributed by atoms with Gasteiger partial charge in [-0.25, -0.2) is 8.78 Å². The molecule has 1 N–H and O–H groups in total. The summed E-state index contributed by atoms with van der Waals surface area (Å²) in [6, 6.07) is 2.99. The van der Waals surface area contributed by atoms with E-state index in [4.69, 9.17) is 0 Å². The summed E-state index contributed by atoms with van der Waals surface area (Å²) in [5.41, 5.74) is 0.522. The molecule has 0 spiro atoms. The zero-order chi connectivity index (χ0) is 11.7. The van der Waals surface area contributed by atoms with E-state index < -0.39 is 11.6 Å². The van der Waals surface area contributed by atoms with Gasteiger partial charge >= 0.3 is 0 Å². The van der Waals surface area contributed by atoms with E-state index >= 15 is 0 Å². The fourth-order valence-electron chi connectivity index (χ4n) is 2.33. The van der Waals surface area contributed by atoms with Crippen LogP contribution in [0.1, 0.15) is 31.7 Å². The number of hydrogen-bond donors (Lipinski definition) is 1. The van der Waals surface area contributed by atoms with Gasteiger partial charge in [0.25, 0.3) is 0 Å². The lowest BCUT2D eigenvalue weighted by molar-refractivity contribution is 0.535. The van der Waals surface area contributed by atoms with Crippen molar-refractivity contribution in [2.75, 3.05) is 5.32 Å². The van der Waals surface area contributed by atoms with Crippen molar-refractivity contribution in [3.05, 3.63) is 29.3 Å². The molecule has 1 aromatic carbocycles. The van der Waals surface area contributed by atoms with Crippen molar-refractivity contribution in [3.8, 4) is 0 Å². The number of halogens is 2. The van der Waals surface area contributed by atoms with Gasteiger partial charge in [-0.3, -0.25) is 0 Å². The second kappa shape index (κ2) is 4.40. The summed E-state index contributed by atoms with van der Waals surface area (Å²) < 4.78 is 27.2. The number of benzene rings is 1. The van der Waals surface area contributed by atoms with Gasteiger partial charge < -0.3 is 5.32 Å². The Morgan fingerprint density at radius 2 is 2.00 bits per heavy atom. The van der Waals surface area contributed by atoms with Crippen LogP contribution in [0.2, 0.25) is 0 Å². The van der Waals surface area contributed by atoms with E-state index in [0.29, 0.717) is 11.5 Å². The van der Waals surface area contributed by atoms with E-state index in [2.05, 4.69) is 12.2 Å². The fraction of sp³-hybridized carbons (Fsp3) is 0.538. The molecule has 0 radical (unpaired) electrons. The van der Waals surface area contributed by atoms with Crippen LogP contribution in [0.15, 0.2) is 12.1 Å². The summed E-state index contributed by atoms with van der Waals surface area (Å²) in [4.78, 5) is 0. The molecule has 3 heteroatoms. The molecule has 0 amide bonds. The topological polar surface area (TPSA) is 12.0 Å². The van der Waals surface area contributed by atoms with Crippen LogP contribution in [0, 0.1) is 24.5 Å². The van der Waals surface area contributed by atoms with Gasteiger partial charge in [-0.15, -0.1) is 0 Å². The number of aryl methyl sites for hydroxylation is 1. The van der Waals surface area contributed by atoms with Crippen molar-refractivity contribution in [2.24, 2.45) is 5.92 Å². The van der Waals surface area contributed by atoms with Crippen LogP contribution < -0.4 is 5.32 Å². The van der Waals surface area contributed by atoms with Crippen molar-refractivity contribution >= 4 is 5.69 Å². The lowest BCUT2D eigenvalue weighted by Gasteiger charge is -2.20. The minimum Gasteiger partial charge on any atom is -0.377 e. The summed E-state index contributed by atoms with van der Waals surface area (Å²) in [5, 5.41) is 3.02. The van der Waals surface area contributed by atoms with Gasteiger partial charge in [0, 0.05) is 6.04 Å². The molecule has 0 aromatic heterocycles. The first-order chi connectivity index (χ1) is 7.59. The number of rotatable bonds is 2. The van der Waals surface area contributed by atoms with Crippen molar-refractivity contribution in [3.63, 3.8) is 0 Å². The lowest BCUT2D eigenvalue weighted by Crippen LogP contribution is -2.23. The summed E-state index contributed by atoms with van der Waals surface area (Å²) in [5.74, 6) is -0.472. The monoisotopic (exact) mass is 225 g/mol. The SMILES string of the molecule is Cc1ccc(F)c(NC2CCCC2C)c1F. The molecule has 0 saturated heterocycles. The van der Waals surface area contributed by atoms with Crippen molar-refractivity contribution in [1.82, 2.24) is 0 Å². The molecular weight excluding hydrogens is 208 g/mol. The molecule has 88 valence electrons. The fourth-order valence-corrected chi connectivity index (χ4v) is 2.33. The minimum atomic E-state index is -0.498. The Kier molecular flexibility index (Phi) is 3.13. The third-order valence-corrected chi connectivity index (χ3v) is 3.48. The molecule has 0 aliphatic heterocycles. The van der Waals surface area contributed by atoms with E-state index in [1.54, 1.807) is 6.92 Å². The Hall–Kier alpha value is -1.12. The summed E-state index contributed by atoms with van der Waals surface area (Å²) >= 11 is 0. The molecule has 1 aliphatic rings. The van der Waals surface area contributed by atoms with Crippen LogP contribution in [0.4, 0.5) is 14.5 Å². The maximum atomic E-state index is 13.7. The quantitative estimate of drug-likeness (QED) is 0.805. The summed E-state index contributed by atoms with van der Waals surface area (Å²) in [7, 11) is 0. The molecule has 1 nitrogen and oxygen atoms in total. The molecule has 16 heavy (non-hydrogen) atoms. The molecule has 2 atom stereocenters. The average molecular weight is 225 g/mol. The van der Waals surface area contributed by atoms with Crippen molar-refractivity contribution < 1.29 is 8.78 Å². The van der Waals surface area contributed by atoms with Crippen LogP contribution in [0.5, 0.6) is 0 Å². The molecular formula is C13H17F2N. The molecule has 1 saturated carbocycles. The predicted octanol–water partition coefficient (Wildman–Crippen LogP) is 3.87. The highest BCUT2D eigenvalue weighted by Gasteiger charge is 2.25. The van der Waals surface area contributed by atoms with Crippen molar-refractivity contribution in [1.29, 1.82) is 0 Å². The maximum Gasteiger partial charge on any atom is 0.152 e. The van der Waals surface area contributed by atoms with Crippen molar-refractivity contribution in [2.45, 2.75) is 39.2 Å². The molecule has 0 bridgehead atoms. The molecule has 1 fully saturated rings. The Morgan fingerprint density at radius 1 is 1.25 bits per heavy atom. The third kappa shape index (κ3) is 2.04. The van der Waals surface area contributed by atoms with Gasteiger partial charge in [-0.2, -0.15) is 0 Å². The standard InChI is InChI=1S/C13H17F2N/c1-8-4-3-5-11(8)16-13-10(14)7-6-9(2)12(13)15/h6-8,11,16H,3-5H2,1-2H3. The smallest absolute Gasteiger partial charge is 0.152 e. The van der Waals surface area contributed by atoms with E-state index in [1.807, 2.05) is 0 Å². The third-order valence-electron chi connectivity index (χ3n) is 3.48. The van der Waals surface area contributed by atoms with Crippen LogP contribution in [0.25, 0.3) is 0 Å². The average Bonchev–Trinajstić information content (AvgIpc) is 2.65. The largest absolute Gasteiger partial charge is 0.377 e. The number of nitrogens with one attached hydrogen (secondary N) is 1. The Balaban J connectivity index is 2.23. The molecule has 1 aliphatic carbocycles. The Labute approximate surface area is 94.9 Å². The first kappa shape index (κ1) is 11.4. The lowest BCUT2D eigenvalue weighted by atomic mass is 10.1. The second-order valence-electron chi connectivity index (χ2n) is 4.71. The Morgan fingerprint density at radius 3 is 2.62 bits per heavy atom. The van der Waals surface area contributed by atoms with Crippen LogP contribution in [-0.2, 0) is 0 Å². The first-order valence-electron chi connectivity index (χ1n) is 5.80. The zero-order valence-corrected chi connectivity index (χ0v) is 9.69. The molecule has 2 rings (SSSR count). The zero-order valence-electron chi connectivity index (χ0n) is 9.69. The van der Waals surface area contributed by atoms with E-state index in [-0.39, 0.29) is 11.7 Å². The molecule has 1 aromatic rings. The molecule has 2 unspecified atom stereocenters. The molecule has 0 heterocycles. The van der Waals surface area contributed by atoms with E-state index in [9.17, 15) is 8.78 Å².